The first-order chi connectivity index (χ1) is 9.93. The van der Waals surface area contributed by atoms with Crippen LogP contribution >= 0.6 is 22.9 Å². The maximum atomic E-state index is 11.8. The number of thiophene rings is 1. The van der Waals surface area contributed by atoms with Gasteiger partial charge in [0.25, 0.3) is 0 Å². The molecule has 0 amide bonds. The number of nitrogens with zero attached hydrogens (tertiary/aromatic N) is 3. The van der Waals surface area contributed by atoms with Crippen LogP contribution in [0.4, 0.5) is 5.82 Å². The lowest BCUT2D eigenvalue weighted by Crippen LogP contribution is -2.21. The van der Waals surface area contributed by atoms with Gasteiger partial charge in [0, 0.05) is 13.1 Å². The molecule has 0 radical (unpaired) electrons. The molecule has 0 saturated carbocycles. The van der Waals surface area contributed by atoms with Crippen LogP contribution < -0.4 is 5.32 Å². The second kappa shape index (κ2) is 6.55. The Hall–Kier alpha value is -1.44. The van der Waals surface area contributed by atoms with Crippen molar-refractivity contribution >= 4 is 44.9 Å². The van der Waals surface area contributed by atoms with E-state index in [1.807, 2.05) is 21.0 Å². The maximum Gasteiger partial charge on any atom is 0.348 e. The van der Waals surface area contributed by atoms with Crippen molar-refractivity contribution in [3.8, 4) is 0 Å². The number of nitrogens with one attached hydrogen (secondary N) is 1. The van der Waals surface area contributed by atoms with Crippen LogP contribution in [-0.4, -0.2) is 55.1 Å². The lowest BCUT2D eigenvalue weighted by molar-refractivity contribution is 0.0605. The zero-order valence-electron chi connectivity index (χ0n) is 12.4. The Labute approximate surface area is 132 Å². The monoisotopic (exact) mass is 328 g/mol. The quantitative estimate of drug-likeness (QED) is 0.671. The van der Waals surface area contributed by atoms with Gasteiger partial charge in [0.1, 0.15) is 15.5 Å². The fourth-order valence-corrected chi connectivity index (χ4v) is 3.24. The number of methoxy groups -OCH3 is 1. The van der Waals surface area contributed by atoms with Crippen molar-refractivity contribution in [3.05, 3.63) is 15.7 Å². The summed E-state index contributed by atoms with van der Waals surface area (Å²) in [5.74, 6) is 0.279. The second-order valence-corrected chi connectivity index (χ2v) is 6.14. The van der Waals surface area contributed by atoms with E-state index in [0.29, 0.717) is 15.5 Å². The summed E-state index contributed by atoms with van der Waals surface area (Å²) < 4.78 is 4.79. The number of hydrogen-bond acceptors (Lipinski definition) is 7. The Morgan fingerprint density at radius 2 is 2.14 bits per heavy atom. The molecule has 0 bridgehead atoms. The summed E-state index contributed by atoms with van der Waals surface area (Å²) in [6, 6.07) is 0. The fourth-order valence-electron chi connectivity index (χ4n) is 1.93. The molecule has 0 aliphatic heterocycles. The van der Waals surface area contributed by atoms with Crippen LogP contribution in [0, 0.1) is 6.92 Å². The molecule has 0 aromatic carbocycles. The van der Waals surface area contributed by atoms with Gasteiger partial charge < -0.3 is 15.0 Å². The molecular weight excluding hydrogens is 312 g/mol. The highest BCUT2D eigenvalue weighted by Gasteiger charge is 2.20. The molecule has 8 heteroatoms. The normalized spacial score (nSPS) is 11.1. The maximum absolute atomic E-state index is 11.8. The lowest BCUT2D eigenvalue weighted by Gasteiger charge is -2.11. The van der Waals surface area contributed by atoms with E-state index in [9.17, 15) is 4.79 Å². The van der Waals surface area contributed by atoms with E-state index < -0.39 is 0 Å². The SMILES string of the molecule is COC(=O)c1sc2nc(Cl)nc(NCCN(C)C)c2c1C. The minimum absolute atomic E-state index is 0.160. The van der Waals surface area contributed by atoms with Gasteiger partial charge in [-0.05, 0) is 38.2 Å². The van der Waals surface area contributed by atoms with Crippen LogP contribution in [0.25, 0.3) is 10.2 Å². The van der Waals surface area contributed by atoms with Gasteiger partial charge in [-0.25, -0.2) is 14.8 Å². The zero-order chi connectivity index (χ0) is 15.6. The summed E-state index contributed by atoms with van der Waals surface area (Å²) in [7, 11) is 5.35. The molecule has 0 aliphatic rings. The number of hydrogen-bond donors (Lipinski definition) is 1. The number of fused-ring (bicyclic) bond motifs is 1. The van der Waals surface area contributed by atoms with Gasteiger partial charge in [-0.3, -0.25) is 0 Å². The Balaban J connectivity index is 2.44. The van der Waals surface area contributed by atoms with E-state index in [1.54, 1.807) is 0 Å². The minimum atomic E-state index is -0.370. The van der Waals surface area contributed by atoms with Gasteiger partial charge in [0.05, 0.1) is 12.5 Å². The number of likely N-dealkylation sites (N-methyl/N-ethyl adjacent to an activating group) is 1. The first kappa shape index (κ1) is 15.9. The molecule has 0 aliphatic carbocycles. The van der Waals surface area contributed by atoms with E-state index in [2.05, 4.69) is 20.2 Å². The van der Waals surface area contributed by atoms with Crippen LogP contribution in [0.1, 0.15) is 15.2 Å². The molecule has 0 spiro atoms. The lowest BCUT2D eigenvalue weighted by atomic mass is 10.2. The molecule has 21 heavy (non-hydrogen) atoms. The van der Waals surface area contributed by atoms with Crippen molar-refractivity contribution in [1.82, 2.24) is 14.9 Å². The Morgan fingerprint density at radius 1 is 1.43 bits per heavy atom. The van der Waals surface area contributed by atoms with Crippen molar-refractivity contribution in [3.63, 3.8) is 0 Å². The van der Waals surface area contributed by atoms with Crippen molar-refractivity contribution in [1.29, 1.82) is 0 Å². The van der Waals surface area contributed by atoms with Crippen LogP contribution in [0.2, 0.25) is 5.28 Å². The third-order valence-electron chi connectivity index (χ3n) is 2.99. The predicted octanol–water partition coefficient (Wildman–Crippen LogP) is 2.41. The molecule has 2 rings (SSSR count). The van der Waals surface area contributed by atoms with Gasteiger partial charge in [-0.15, -0.1) is 11.3 Å². The van der Waals surface area contributed by atoms with Gasteiger partial charge in [-0.2, -0.15) is 0 Å². The summed E-state index contributed by atoms with van der Waals surface area (Å²) in [6.07, 6.45) is 0. The number of aryl methyl sites for hydroxylation is 1. The first-order valence-corrected chi connectivity index (χ1v) is 7.57. The van der Waals surface area contributed by atoms with Crippen molar-refractivity contribution in [2.75, 3.05) is 39.6 Å². The Kier molecular flexibility index (Phi) is 4.97. The molecule has 1 N–H and O–H groups in total. The highest BCUT2D eigenvalue weighted by Crippen LogP contribution is 2.34. The topological polar surface area (TPSA) is 67.3 Å². The number of halogens is 1. The van der Waals surface area contributed by atoms with Crippen LogP contribution in [0.3, 0.4) is 0 Å². The summed E-state index contributed by atoms with van der Waals surface area (Å²) in [5, 5.41) is 4.23. The van der Waals surface area contributed by atoms with Gasteiger partial charge in [0.15, 0.2) is 0 Å². The summed E-state index contributed by atoms with van der Waals surface area (Å²) in [6.45, 7) is 3.44. The number of carbonyl (C=O) groups is 1. The molecular formula is C13H17ClN4O2S. The van der Waals surface area contributed by atoms with E-state index in [1.165, 1.54) is 18.4 Å². The summed E-state index contributed by atoms with van der Waals surface area (Å²) in [4.78, 5) is 23.5. The minimum Gasteiger partial charge on any atom is -0.465 e. The molecule has 0 unspecified atom stereocenters. The summed E-state index contributed by atoms with van der Waals surface area (Å²) >= 11 is 7.22. The van der Waals surface area contributed by atoms with Crippen LogP contribution in [0.5, 0.6) is 0 Å². The second-order valence-electron chi connectivity index (χ2n) is 4.80. The molecule has 2 aromatic rings. The number of ether oxygens (including phenoxy) is 1. The van der Waals surface area contributed by atoms with Crippen molar-refractivity contribution in [2.45, 2.75) is 6.92 Å². The van der Waals surface area contributed by atoms with Gasteiger partial charge in [-0.1, -0.05) is 0 Å². The van der Waals surface area contributed by atoms with Crippen molar-refractivity contribution in [2.24, 2.45) is 0 Å². The average Bonchev–Trinajstić information content (AvgIpc) is 2.74. The standard InChI is InChI=1S/C13H17ClN4O2S/c1-7-8-10(15-5-6-18(2)3)16-13(14)17-11(8)21-9(7)12(19)20-4/h5-6H2,1-4H3,(H,15,16,17). The van der Waals surface area contributed by atoms with Gasteiger partial charge >= 0.3 is 5.97 Å². The molecule has 6 nitrogen and oxygen atoms in total. The van der Waals surface area contributed by atoms with E-state index >= 15 is 0 Å². The average molecular weight is 329 g/mol. The number of esters is 1. The first-order valence-electron chi connectivity index (χ1n) is 6.37. The highest BCUT2D eigenvalue weighted by atomic mass is 35.5. The van der Waals surface area contributed by atoms with E-state index in [-0.39, 0.29) is 11.3 Å². The van der Waals surface area contributed by atoms with E-state index in [4.69, 9.17) is 16.3 Å². The molecule has 0 saturated heterocycles. The fraction of sp³-hybridized carbons (Fsp3) is 0.462. The number of rotatable bonds is 5. The molecule has 114 valence electrons. The third-order valence-corrected chi connectivity index (χ3v) is 4.32. The van der Waals surface area contributed by atoms with E-state index in [0.717, 1.165) is 24.0 Å². The molecule has 0 atom stereocenters. The summed E-state index contributed by atoms with van der Waals surface area (Å²) in [5.41, 5.74) is 0.811. The smallest absolute Gasteiger partial charge is 0.348 e. The molecule has 2 aromatic heterocycles. The number of aromatic nitrogens is 2. The molecule has 0 fully saturated rings. The number of anilines is 1. The van der Waals surface area contributed by atoms with Gasteiger partial charge in [0.2, 0.25) is 5.28 Å². The number of carbonyl (C=O) groups excluding carboxylic acids is 1. The zero-order valence-corrected chi connectivity index (χ0v) is 13.9. The largest absolute Gasteiger partial charge is 0.465 e. The third kappa shape index (κ3) is 3.42. The van der Waals surface area contributed by atoms with Crippen LogP contribution in [-0.2, 0) is 4.74 Å². The Morgan fingerprint density at radius 3 is 2.76 bits per heavy atom. The highest BCUT2D eigenvalue weighted by molar-refractivity contribution is 7.20. The Bertz CT molecular complexity index is 672. The predicted molar refractivity (Wildman–Crippen MR) is 85.5 cm³/mol. The van der Waals surface area contributed by atoms with Crippen molar-refractivity contribution < 1.29 is 9.53 Å². The van der Waals surface area contributed by atoms with Crippen LogP contribution in [0.15, 0.2) is 0 Å². The molecule has 2 heterocycles.